The normalized spacial score (nSPS) is 26.5. The van der Waals surface area contributed by atoms with Crippen LogP contribution in [0, 0.1) is 5.92 Å². The highest BCUT2D eigenvalue weighted by Crippen LogP contribution is 2.32. The minimum Gasteiger partial charge on any atom is -0.315 e. The number of aryl methyl sites for hydroxylation is 1. The smallest absolute Gasteiger partial charge is 0.0858 e. The quantitative estimate of drug-likeness (QED) is 0.919. The van der Waals surface area contributed by atoms with Gasteiger partial charge in [-0.25, -0.2) is 0 Å². The van der Waals surface area contributed by atoms with E-state index in [1.54, 1.807) is 0 Å². The number of aromatic nitrogens is 2. The lowest BCUT2D eigenvalue weighted by Crippen LogP contribution is -2.33. The molecule has 0 unspecified atom stereocenters. The first-order valence-corrected chi connectivity index (χ1v) is 7.66. The van der Waals surface area contributed by atoms with Crippen molar-refractivity contribution in [3.8, 4) is 0 Å². The highest BCUT2D eigenvalue weighted by molar-refractivity contribution is 6.35. The number of rotatable bonds is 2. The molecule has 2 saturated heterocycles. The summed E-state index contributed by atoms with van der Waals surface area (Å²) in [5.41, 5.74) is 2.23. The summed E-state index contributed by atoms with van der Waals surface area (Å²) in [7, 11) is 1.99. The predicted molar refractivity (Wildman–Crippen MR) is 80.9 cm³/mol. The SMILES string of the molecule is Cn1nc(CN2CC[C@H]3CNC[C@H]32)c2c(Cl)cccc21. The lowest BCUT2D eigenvalue weighted by Gasteiger charge is -2.22. The molecule has 1 N–H and O–H groups in total. The van der Waals surface area contributed by atoms with Crippen LogP contribution in [0.25, 0.3) is 10.9 Å². The third kappa shape index (κ3) is 1.86. The van der Waals surface area contributed by atoms with Gasteiger partial charge < -0.3 is 5.32 Å². The van der Waals surface area contributed by atoms with Crippen molar-refractivity contribution in [2.45, 2.75) is 19.0 Å². The average molecular weight is 291 g/mol. The molecule has 1 aromatic heterocycles. The number of likely N-dealkylation sites (tertiary alicyclic amines) is 1. The minimum atomic E-state index is 0.676. The van der Waals surface area contributed by atoms with Crippen LogP contribution in [0.4, 0.5) is 0 Å². The Labute approximate surface area is 123 Å². The van der Waals surface area contributed by atoms with Crippen molar-refractivity contribution in [1.29, 1.82) is 0 Å². The average Bonchev–Trinajstić information content (AvgIpc) is 3.08. The molecule has 0 amide bonds. The molecule has 2 aliphatic rings. The van der Waals surface area contributed by atoms with E-state index in [2.05, 4.69) is 16.3 Å². The first kappa shape index (κ1) is 12.6. The summed E-state index contributed by atoms with van der Waals surface area (Å²) in [6, 6.07) is 6.71. The van der Waals surface area contributed by atoms with Gasteiger partial charge in [0.2, 0.25) is 0 Å². The van der Waals surface area contributed by atoms with Gasteiger partial charge in [-0.2, -0.15) is 5.10 Å². The Kier molecular flexibility index (Phi) is 2.98. The molecule has 0 bridgehead atoms. The van der Waals surface area contributed by atoms with Crippen LogP contribution in [-0.2, 0) is 13.6 Å². The molecule has 0 saturated carbocycles. The van der Waals surface area contributed by atoms with Crippen molar-refractivity contribution < 1.29 is 0 Å². The molecule has 4 nitrogen and oxygen atoms in total. The van der Waals surface area contributed by atoms with Crippen LogP contribution >= 0.6 is 11.6 Å². The zero-order valence-corrected chi connectivity index (χ0v) is 12.4. The maximum absolute atomic E-state index is 6.39. The molecule has 20 heavy (non-hydrogen) atoms. The van der Waals surface area contributed by atoms with E-state index in [1.165, 1.54) is 19.5 Å². The Balaban J connectivity index is 1.69. The molecule has 2 aliphatic heterocycles. The molecule has 3 heterocycles. The second-order valence-electron chi connectivity index (χ2n) is 5.95. The van der Waals surface area contributed by atoms with E-state index in [9.17, 15) is 0 Å². The van der Waals surface area contributed by atoms with Gasteiger partial charge in [-0.3, -0.25) is 9.58 Å². The molecule has 2 atom stereocenters. The second-order valence-corrected chi connectivity index (χ2v) is 6.36. The molecule has 4 rings (SSSR count). The van der Waals surface area contributed by atoms with Crippen LogP contribution in [0.2, 0.25) is 5.02 Å². The van der Waals surface area contributed by atoms with E-state index in [-0.39, 0.29) is 0 Å². The maximum atomic E-state index is 6.39. The maximum Gasteiger partial charge on any atom is 0.0858 e. The van der Waals surface area contributed by atoms with Gasteiger partial charge in [0.15, 0.2) is 0 Å². The Morgan fingerprint density at radius 3 is 3.20 bits per heavy atom. The van der Waals surface area contributed by atoms with Crippen LogP contribution in [0.1, 0.15) is 12.1 Å². The Morgan fingerprint density at radius 2 is 2.30 bits per heavy atom. The lowest BCUT2D eigenvalue weighted by atomic mass is 10.1. The minimum absolute atomic E-state index is 0.676. The van der Waals surface area contributed by atoms with E-state index in [1.807, 2.05) is 23.9 Å². The zero-order valence-electron chi connectivity index (χ0n) is 11.6. The molecule has 5 heteroatoms. The zero-order chi connectivity index (χ0) is 13.7. The van der Waals surface area contributed by atoms with Crippen molar-refractivity contribution in [2.24, 2.45) is 13.0 Å². The molecule has 0 aliphatic carbocycles. The highest BCUT2D eigenvalue weighted by Gasteiger charge is 2.37. The fraction of sp³-hybridized carbons (Fsp3) is 0.533. The molecule has 1 aromatic carbocycles. The van der Waals surface area contributed by atoms with E-state index in [0.717, 1.165) is 40.6 Å². The van der Waals surface area contributed by atoms with Gasteiger partial charge >= 0.3 is 0 Å². The third-order valence-electron chi connectivity index (χ3n) is 4.81. The third-order valence-corrected chi connectivity index (χ3v) is 5.13. The topological polar surface area (TPSA) is 33.1 Å². The van der Waals surface area contributed by atoms with Gasteiger partial charge in [-0.15, -0.1) is 0 Å². The summed E-state index contributed by atoms with van der Waals surface area (Å²) in [6.07, 6.45) is 1.30. The number of fused-ring (bicyclic) bond motifs is 2. The number of hydrogen-bond acceptors (Lipinski definition) is 3. The fourth-order valence-electron chi connectivity index (χ4n) is 3.79. The Bertz CT molecular complexity index is 651. The number of nitrogens with one attached hydrogen (secondary N) is 1. The van der Waals surface area contributed by atoms with Crippen LogP contribution < -0.4 is 5.32 Å². The highest BCUT2D eigenvalue weighted by atomic mass is 35.5. The van der Waals surface area contributed by atoms with Crippen molar-refractivity contribution in [3.63, 3.8) is 0 Å². The first-order chi connectivity index (χ1) is 9.74. The van der Waals surface area contributed by atoms with Gasteiger partial charge in [0.25, 0.3) is 0 Å². The summed E-state index contributed by atoms with van der Waals surface area (Å²) in [4.78, 5) is 2.57. The van der Waals surface area contributed by atoms with Crippen LogP contribution in [0.15, 0.2) is 18.2 Å². The summed E-state index contributed by atoms with van der Waals surface area (Å²) in [5, 5.41) is 10.1. The van der Waals surface area contributed by atoms with Crippen LogP contribution in [-0.4, -0.2) is 40.4 Å². The second kappa shape index (κ2) is 4.72. The van der Waals surface area contributed by atoms with Gasteiger partial charge in [-0.1, -0.05) is 17.7 Å². The summed E-state index contributed by atoms with van der Waals surface area (Å²) in [6.45, 7) is 4.37. The standard InChI is InChI=1S/C15H19ClN4/c1-19-13-4-2-3-11(16)15(13)12(18-19)9-20-6-5-10-7-17-8-14(10)20/h2-4,10,14,17H,5-9H2,1H3/t10-,14+/m0/s1. The van der Waals surface area contributed by atoms with Crippen molar-refractivity contribution >= 4 is 22.5 Å². The number of benzene rings is 1. The number of nitrogens with zero attached hydrogens (tertiary/aromatic N) is 3. The van der Waals surface area contributed by atoms with Gasteiger partial charge in [0.1, 0.15) is 0 Å². The Hall–Kier alpha value is -1.10. The Morgan fingerprint density at radius 1 is 1.40 bits per heavy atom. The van der Waals surface area contributed by atoms with Gasteiger partial charge in [-0.05, 0) is 37.6 Å². The number of halogens is 1. The predicted octanol–water partition coefficient (Wildman–Crippen LogP) is 2.02. The number of hydrogen-bond donors (Lipinski definition) is 1. The molecule has 2 aromatic rings. The molecule has 106 valence electrons. The van der Waals surface area contributed by atoms with Crippen molar-refractivity contribution in [2.75, 3.05) is 19.6 Å². The fourth-order valence-corrected chi connectivity index (χ4v) is 4.07. The molecular weight excluding hydrogens is 272 g/mol. The van der Waals surface area contributed by atoms with Crippen molar-refractivity contribution in [3.05, 3.63) is 28.9 Å². The molecule has 2 fully saturated rings. The van der Waals surface area contributed by atoms with Gasteiger partial charge in [0.05, 0.1) is 16.2 Å². The molecule has 0 radical (unpaired) electrons. The largest absolute Gasteiger partial charge is 0.315 e. The van der Waals surface area contributed by atoms with Crippen LogP contribution in [0.5, 0.6) is 0 Å². The summed E-state index contributed by atoms with van der Waals surface area (Å²) in [5.74, 6) is 0.820. The lowest BCUT2D eigenvalue weighted by molar-refractivity contribution is 0.241. The summed E-state index contributed by atoms with van der Waals surface area (Å²) < 4.78 is 1.94. The van der Waals surface area contributed by atoms with E-state index >= 15 is 0 Å². The van der Waals surface area contributed by atoms with Crippen molar-refractivity contribution in [1.82, 2.24) is 20.0 Å². The summed E-state index contributed by atoms with van der Waals surface area (Å²) >= 11 is 6.39. The van der Waals surface area contributed by atoms with Crippen LogP contribution in [0.3, 0.4) is 0 Å². The van der Waals surface area contributed by atoms with E-state index in [4.69, 9.17) is 16.7 Å². The molecular formula is C15H19ClN4. The molecule has 0 spiro atoms. The van der Waals surface area contributed by atoms with E-state index in [0.29, 0.717) is 6.04 Å². The van der Waals surface area contributed by atoms with E-state index < -0.39 is 0 Å². The monoisotopic (exact) mass is 290 g/mol. The van der Waals surface area contributed by atoms with Gasteiger partial charge in [0, 0.05) is 31.6 Å². The first-order valence-electron chi connectivity index (χ1n) is 7.29.